The van der Waals surface area contributed by atoms with Gasteiger partial charge in [-0.3, -0.25) is 4.79 Å². The molecule has 5 rings (SSSR count). The highest BCUT2D eigenvalue weighted by atomic mass is 32.2. The summed E-state index contributed by atoms with van der Waals surface area (Å²) in [6.45, 7) is 0. The van der Waals surface area contributed by atoms with Crippen LogP contribution in [0.25, 0.3) is 11.6 Å². The van der Waals surface area contributed by atoms with Gasteiger partial charge in [0.25, 0.3) is 5.91 Å². The van der Waals surface area contributed by atoms with Gasteiger partial charge in [0, 0.05) is 31.2 Å². The number of fused-ring (bicyclic) bond motifs is 1. The van der Waals surface area contributed by atoms with Gasteiger partial charge in [-0.2, -0.15) is 4.31 Å². The Labute approximate surface area is 217 Å². The van der Waals surface area contributed by atoms with E-state index in [9.17, 15) is 22.0 Å². The second-order valence-corrected chi connectivity index (χ2v) is 11.4. The van der Waals surface area contributed by atoms with Crippen LogP contribution in [0.3, 0.4) is 0 Å². The van der Waals surface area contributed by atoms with Crippen LogP contribution >= 0.6 is 11.3 Å². The molecule has 0 N–H and O–H groups in total. The van der Waals surface area contributed by atoms with Crippen molar-refractivity contribution in [3.8, 4) is 0 Å². The zero-order valence-electron chi connectivity index (χ0n) is 19.8. The van der Waals surface area contributed by atoms with Gasteiger partial charge in [0.15, 0.2) is 0 Å². The molecular weight excluding hydrogens is 516 g/mol. The Balaban J connectivity index is 1.60. The van der Waals surface area contributed by atoms with Crippen molar-refractivity contribution in [2.45, 2.75) is 10.9 Å². The van der Waals surface area contributed by atoms with Gasteiger partial charge in [-0.1, -0.05) is 24.3 Å². The van der Waals surface area contributed by atoms with Crippen LogP contribution in [0.1, 0.15) is 27.7 Å². The van der Waals surface area contributed by atoms with E-state index in [0.717, 1.165) is 0 Å². The number of thiazole rings is 1. The van der Waals surface area contributed by atoms with Crippen LogP contribution in [0, 0.1) is 11.6 Å². The molecule has 10 heteroatoms. The minimum atomic E-state index is -4.12. The number of aromatic nitrogens is 1. The Kier molecular flexibility index (Phi) is 6.49. The van der Waals surface area contributed by atoms with Gasteiger partial charge in [0.05, 0.1) is 22.2 Å². The van der Waals surface area contributed by atoms with Crippen LogP contribution in [0.4, 0.5) is 14.5 Å². The van der Waals surface area contributed by atoms with Gasteiger partial charge < -0.3 is 4.90 Å². The largest absolute Gasteiger partial charge is 0.311 e. The lowest BCUT2D eigenvalue weighted by molar-refractivity contribution is -0.112. The number of carbonyl (C=O) groups excluding carboxylic acids is 1. The molecule has 1 aliphatic rings. The Bertz CT molecular complexity index is 1560. The first kappa shape index (κ1) is 24.9. The number of nitrogens with zero attached hydrogens (tertiary/aromatic N) is 3. The highest BCUT2D eigenvalue weighted by Crippen LogP contribution is 2.40. The maximum Gasteiger partial charge on any atom is 0.258 e. The molecule has 6 nitrogen and oxygen atoms in total. The van der Waals surface area contributed by atoms with Gasteiger partial charge in [0.1, 0.15) is 16.6 Å². The average Bonchev–Trinajstić information content (AvgIpc) is 3.49. The maximum atomic E-state index is 13.9. The number of carbonyl (C=O) groups is 1. The SMILES string of the molecule is CN1C(=O)/C(=C/c2nccs2)c2cc(S(=O)(=O)N(C)C(c3ccc(F)cc3)c3ccc(F)cc3)ccc21. The van der Waals surface area contributed by atoms with E-state index in [0.29, 0.717) is 33.0 Å². The molecular formula is C27H21F2N3O3S2. The molecule has 0 unspecified atom stereocenters. The Morgan fingerprint density at radius 1 is 0.973 bits per heavy atom. The predicted octanol–water partition coefficient (Wildman–Crippen LogP) is 5.35. The van der Waals surface area contributed by atoms with Crippen molar-refractivity contribution in [1.82, 2.24) is 9.29 Å². The smallest absolute Gasteiger partial charge is 0.258 e. The summed E-state index contributed by atoms with van der Waals surface area (Å²) in [5.41, 5.74) is 2.44. The number of hydrogen-bond donors (Lipinski definition) is 0. The molecule has 0 saturated carbocycles. The summed E-state index contributed by atoms with van der Waals surface area (Å²) in [7, 11) is -1.07. The van der Waals surface area contributed by atoms with Crippen molar-refractivity contribution >= 4 is 44.6 Å². The van der Waals surface area contributed by atoms with Crippen molar-refractivity contribution in [3.05, 3.63) is 112 Å². The zero-order valence-corrected chi connectivity index (χ0v) is 21.4. The first-order valence-electron chi connectivity index (χ1n) is 11.2. The fourth-order valence-corrected chi connectivity index (χ4v) is 6.29. The third kappa shape index (κ3) is 4.59. The lowest BCUT2D eigenvalue weighted by Gasteiger charge is -2.28. The highest BCUT2D eigenvalue weighted by molar-refractivity contribution is 7.89. The summed E-state index contributed by atoms with van der Waals surface area (Å²) < 4.78 is 56.2. The summed E-state index contributed by atoms with van der Waals surface area (Å²) in [5.74, 6) is -1.18. The van der Waals surface area contributed by atoms with Crippen LogP contribution in [-0.2, 0) is 14.8 Å². The number of halogens is 2. The van der Waals surface area contributed by atoms with E-state index in [-0.39, 0.29) is 10.8 Å². The number of sulfonamides is 1. The van der Waals surface area contributed by atoms with Crippen molar-refractivity contribution in [1.29, 1.82) is 0 Å². The van der Waals surface area contributed by atoms with Crippen LogP contribution in [0.15, 0.2) is 83.2 Å². The molecule has 1 aromatic heterocycles. The summed E-state index contributed by atoms with van der Waals surface area (Å²) >= 11 is 1.37. The average molecular weight is 538 g/mol. The molecule has 0 atom stereocenters. The number of likely N-dealkylation sites (N-methyl/N-ethyl adjacent to an activating group) is 1. The molecule has 0 spiro atoms. The molecule has 0 radical (unpaired) electrons. The summed E-state index contributed by atoms with van der Waals surface area (Å²) in [6.07, 6.45) is 3.28. The lowest BCUT2D eigenvalue weighted by Crippen LogP contribution is -2.32. The van der Waals surface area contributed by atoms with Crippen LogP contribution in [0.5, 0.6) is 0 Å². The molecule has 37 heavy (non-hydrogen) atoms. The van der Waals surface area contributed by atoms with Crippen LogP contribution in [0.2, 0.25) is 0 Å². The van der Waals surface area contributed by atoms with Crippen molar-refractivity contribution in [3.63, 3.8) is 0 Å². The number of benzene rings is 3. The molecule has 3 aromatic carbocycles. The Morgan fingerprint density at radius 2 is 1.57 bits per heavy atom. The Morgan fingerprint density at radius 3 is 2.11 bits per heavy atom. The predicted molar refractivity (Wildman–Crippen MR) is 139 cm³/mol. The van der Waals surface area contributed by atoms with Crippen molar-refractivity contribution in [2.75, 3.05) is 19.0 Å². The van der Waals surface area contributed by atoms with E-state index in [2.05, 4.69) is 4.98 Å². The molecule has 0 saturated heterocycles. The molecule has 0 bridgehead atoms. The Hall–Kier alpha value is -3.73. The number of hydrogen-bond acceptors (Lipinski definition) is 5. The molecule has 1 amide bonds. The molecule has 0 aliphatic carbocycles. The van der Waals surface area contributed by atoms with Crippen molar-refractivity contribution in [2.24, 2.45) is 0 Å². The summed E-state index contributed by atoms with van der Waals surface area (Å²) in [4.78, 5) is 18.6. The number of anilines is 1. The lowest BCUT2D eigenvalue weighted by atomic mass is 9.99. The van der Waals surface area contributed by atoms with Gasteiger partial charge >= 0.3 is 0 Å². The topological polar surface area (TPSA) is 70.6 Å². The van der Waals surface area contributed by atoms with Crippen molar-refractivity contribution < 1.29 is 22.0 Å². The second kappa shape index (κ2) is 9.62. The maximum absolute atomic E-state index is 13.9. The first-order chi connectivity index (χ1) is 17.7. The van der Waals surface area contributed by atoms with Crippen LogP contribution in [-0.4, -0.2) is 37.7 Å². The quantitative estimate of drug-likeness (QED) is 0.311. The van der Waals surface area contributed by atoms with Gasteiger partial charge in [-0.15, -0.1) is 11.3 Å². The molecule has 188 valence electrons. The van der Waals surface area contributed by atoms with Gasteiger partial charge in [-0.05, 0) is 59.7 Å². The first-order valence-corrected chi connectivity index (χ1v) is 13.5. The fraction of sp³-hybridized carbons (Fsp3) is 0.111. The van der Waals surface area contributed by atoms with Crippen LogP contribution < -0.4 is 4.90 Å². The van der Waals surface area contributed by atoms with E-state index < -0.39 is 27.7 Å². The zero-order chi connectivity index (χ0) is 26.3. The van der Waals surface area contributed by atoms with E-state index in [1.165, 1.54) is 88.3 Å². The monoisotopic (exact) mass is 537 g/mol. The third-order valence-corrected chi connectivity index (χ3v) is 8.83. The van der Waals surface area contributed by atoms with Gasteiger partial charge in [0.2, 0.25) is 10.0 Å². The molecule has 2 heterocycles. The molecule has 4 aromatic rings. The van der Waals surface area contributed by atoms with E-state index in [4.69, 9.17) is 0 Å². The summed E-state index contributed by atoms with van der Waals surface area (Å²) in [6, 6.07) is 14.7. The second-order valence-electron chi connectivity index (χ2n) is 8.50. The third-order valence-electron chi connectivity index (χ3n) is 6.29. The highest BCUT2D eigenvalue weighted by Gasteiger charge is 2.35. The van der Waals surface area contributed by atoms with Gasteiger partial charge in [-0.25, -0.2) is 22.2 Å². The summed E-state index contributed by atoms with van der Waals surface area (Å²) in [5, 5.41) is 2.42. The molecule has 0 fully saturated rings. The minimum absolute atomic E-state index is 0.0175. The molecule has 1 aliphatic heterocycles. The fourth-order valence-electron chi connectivity index (χ4n) is 4.37. The number of rotatable bonds is 6. The minimum Gasteiger partial charge on any atom is -0.311 e. The standard InChI is InChI=1S/C27H21F2N3O3S2/c1-31-24-12-11-21(15-22(24)23(27(31)33)16-25-30-13-14-36-25)37(34,35)32(2)26(17-3-7-19(28)8-4-17)18-5-9-20(29)10-6-18/h3-16,26H,1-2H3/b23-16+. The van der Waals surface area contributed by atoms with E-state index >= 15 is 0 Å². The van der Waals surface area contributed by atoms with E-state index in [1.54, 1.807) is 30.8 Å². The van der Waals surface area contributed by atoms with E-state index in [1.807, 2.05) is 0 Å². The normalized spacial score (nSPS) is 14.7. The number of amides is 1.